The van der Waals surface area contributed by atoms with E-state index in [0.717, 1.165) is 13.2 Å². The first-order chi connectivity index (χ1) is 19.9. The fourth-order valence-corrected chi connectivity index (χ4v) is 3.47. The SMILES string of the molecule is C.C.C.C1CCOC1.CC(C)C#CB1OC(C)(C)C(C)(C)O1.CC(C)C=C(Cl)Cl.CC(C)OB1OC(C)(C)C(C)(C)O1.[C-]#CC(C)C.[Li+]. The zero-order valence-electron chi connectivity index (χ0n) is 31.6. The van der Waals surface area contributed by atoms with E-state index in [1.54, 1.807) is 6.08 Å². The Balaban J connectivity index is -0.000000120. The number of halogens is 2. The fraction of sp³-hybridized carbons (Fsp3) is 0.838. The van der Waals surface area contributed by atoms with Crippen molar-refractivity contribution in [2.45, 2.75) is 174 Å². The summed E-state index contributed by atoms with van der Waals surface area (Å²) in [6.45, 7) is 34.1. The van der Waals surface area contributed by atoms with E-state index in [1.807, 2.05) is 96.9 Å². The maximum absolute atomic E-state index is 6.41. The molecular weight excluding hydrogens is 640 g/mol. The molecule has 0 aliphatic carbocycles. The van der Waals surface area contributed by atoms with Crippen molar-refractivity contribution in [2.75, 3.05) is 13.2 Å². The summed E-state index contributed by atoms with van der Waals surface area (Å²) in [5.74, 6) is 9.44. The Morgan fingerprint density at radius 3 is 1.27 bits per heavy atom. The molecule has 11 heteroatoms. The molecule has 3 aliphatic rings. The third-order valence-corrected chi connectivity index (χ3v) is 7.19. The van der Waals surface area contributed by atoms with Crippen LogP contribution < -0.4 is 18.9 Å². The summed E-state index contributed by atoms with van der Waals surface area (Å²) in [5.41, 5.74) is -1.15. The van der Waals surface area contributed by atoms with Gasteiger partial charge in [-0.3, -0.25) is 0 Å². The monoisotopic (exact) mass is 713 g/mol. The van der Waals surface area contributed by atoms with Crippen molar-refractivity contribution in [1.29, 1.82) is 0 Å². The Hall–Kier alpha value is -0.0727. The number of ether oxygens (including phenoxy) is 1. The van der Waals surface area contributed by atoms with Gasteiger partial charge in [-0.2, -0.15) is 0 Å². The molecule has 3 heterocycles. The first-order valence-electron chi connectivity index (χ1n) is 15.8. The standard InChI is InChI=1S/C11H19BO2.C9H19BO3.C5H8Cl2.C5H7.C4H8O.3CH4.Li/c1-9(2)7-8-12-13-10(3,4)11(5,6)14-12;1-7(2)11-10-12-8(3,4)9(5,6)13-10;1-4(2)3-5(6)7;1-4-5(2)3;1-2-4-5-3-1;;;;/h9H,1-6H3;7H,1-6H3;3-4H,1-2H3;5H,2-3H3;1-4H2;3*1H4;/q;;;-1;;;;;+1. The molecule has 48 heavy (non-hydrogen) atoms. The van der Waals surface area contributed by atoms with Crippen LogP contribution in [0.5, 0.6) is 0 Å². The van der Waals surface area contributed by atoms with Gasteiger partial charge in [0.1, 0.15) is 4.49 Å². The van der Waals surface area contributed by atoms with E-state index in [1.165, 1.54) is 12.8 Å². The predicted octanol–water partition coefficient (Wildman–Crippen LogP) is 8.18. The first-order valence-corrected chi connectivity index (χ1v) is 16.5. The van der Waals surface area contributed by atoms with Crippen molar-refractivity contribution in [1.82, 2.24) is 0 Å². The van der Waals surface area contributed by atoms with Gasteiger partial charge >= 0.3 is 33.3 Å². The van der Waals surface area contributed by atoms with Gasteiger partial charge in [-0.05, 0) is 93.9 Å². The van der Waals surface area contributed by atoms with Crippen LogP contribution in [0.1, 0.15) is 146 Å². The molecule has 278 valence electrons. The Morgan fingerprint density at radius 1 is 0.708 bits per heavy atom. The molecular formula is C37H73B2Cl2LiO6. The van der Waals surface area contributed by atoms with Gasteiger partial charge in [-0.1, -0.05) is 98.9 Å². The molecule has 0 atom stereocenters. The molecule has 3 saturated heterocycles. The van der Waals surface area contributed by atoms with Crippen LogP contribution >= 0.6 is 23.2 Å². The molecule has 0 amide bonds. The van der Waals surface area contributed by atoms with Crippen LogP contribution in [0.15, 0.2) is 10.6 Å². The van der Waals surface area contributed by atoms with Crippen molar-refractivity contribution >= 4 is 37.6 Å². The minimum atomic E-state index is -0.523. The molecule has 3 aliphatic heterocycles. The molecule has 0 aromatic heterocycles. The van der Waals surface area contributed by atoms with Gasteiger partial charge in [0.05, 0.1) is 22.4 Å². The Morgan fingerprint density at radius 2 is 1.06 bits per heavy atom. The van der Waals surface area contributed by atoms with Gasteiger partial charge in [-0.15, -0.1) is 5.92 Å². The van der Waals surface area contributed by atoms with Crippen molar-refractivity contribution in [3.05, 3.63) is 17.0 Å². The normalized spacial score (nSPS) is 18.4. The molecule has 0 spiro atoms. The largest absolute Gasteiger partial charge is 1.00 e. The van der Waals surface area contributed by atoms with Crippen LogP contribution in [-0.2, 0) is 28.0 Å². The average molecular weight is 713 g/mol. The van der Waals surface area contributed by atoms with E-state index in [9.17, 15) is 0 Å². The van der Waals surface area contributed by atoms with Crippen molar-refractivity contribution in [3.63, 3.8) is 0 Å². The second-order valence-corrected chi connectivity index (χ2v) is 15.1. The Bertz CT molecular complexity index is 889. The van der Waals surface area contributed by atoms with Crippen LogP contribution in [-0.4, -0.2) is 56.2 Å². The minimum absolute atomic E-state index is 0. The van der Waals surface area contributed by atoms with Crippen molar-refractivity contribution < 1.29 is 46.9 Å². The smallest absolute Gasteiger partial charge is 0.693 e. The van der Waals surface area contributed by atoms with Crippen molar-refractivity contribution in [2.24, 2.45) is 17.8 Å². The number of rotatable bonds is 3. The Labute approximate surface area is 323 Å². The topological polar surface area (TPSA) is 55.4 Å². The van der Waals surface area contributed by atoms with Crippen LogP contribution in [0.3, 0.4) is 0 Å². The third-order valence-electron chi connectivity index (χ3n) is 6.93. The molecule has 0 radical (unpaired) electrons. The van der Waals surface area contributed by atoms with E-state index >= 15 is 0 Å². The van der Waals surface area contributed by atoms with Gasteiger partial charge in [0, 0.05) is 25.2 Å². The molecule has 0 saturated carbocycles. The molecule has 0 N–H and O–H groups in total. The van der Waals surface area contributed by atoms with E-state index in [-0.39, 0.29) is 76.8 Å². The van der Waals surface area contributed by atoms with E-state index in [4.69, 9.17) is 57.6 Å². The van der Waals surface area contributed by atoms with Crippen LogP contribution in [0.25, 0.3) is 0 Å². The van der Waals surface area contributed by atoms with Gasteiger partial charge in [-0.25, -0.2) is 0 Å². The summed E-state index contributed by atoms with van der Waals surface area (Å²) < 4.78 is 33.4. The third kappa shape index (κ3) is 27.6. The quantitative estimate of drug-likeness (QED) is 0.167. The second-order valence-electron chi connectivity index (χ2n) is 14.1. The van der Waals surface area contributed by atoms with Gasteiger partial charge in [0.25, 0.3) is 0 Å². The van der Waals surface area contributed by atoms with E-state index < -0.39 is 7.32 Å². The maximum Gasteiger partial charge on any atom is 1.00 e. The zero-order chi connectivity index (χ0) is 34.9. The van der Waals surface area contributed by atoms with Gasteiger partial charge < -0.3 is 40.4 Å². The van der Waals surface area contributed by atoms with Crippen LogP contribution in [0.4, 0.5) is 0 Å². The number of allylic oxidation sites excluding steroid dienone is 1. The summed E-state index contributed by atoms with van der Waals surface area (Å²) >= 11 is 10.6. The average Bonchev–Trinajstić information content (AvgIpc) is 3.51. The molecule has 3 fully saturated rings. The summed E-state index contributed by atoms with van der Waals surface area (Å²) in [7, 11) is -0.896. The molecule has 0 aromatic rings. The summed E-state index contributed by atoms with van der Waals surface area (Å²) in [4.78, 5) is 0. The van der Waals surface area contributed by atoms with Crippen LogP contribution in [0, 0.1) is 41.8 Å². The second kappa shape index (κ2) is 28.5. The molecule has 0 aromatic carbocycles. The summed E-state index contributed by atoms with van der Waals surface area (Å²) in [5, 5.41) is 0. The van der Waals surface area contributed by atoms with E-state index in [2.05, 4.69) is 31.5 Å². The van der Waals surface area contributed by atoms with E-state index in [0.29, 0.717) is 22.2 Å². The predicted molar refractivity (Wildman–Crippen MR) is 208 cm³/mol. The first kappa shape index (κ1) is 60.0. The Kier molecular flexibility index (Phi) is 35.7. The van der Waals surface area contributed by atoms with Gasteiger partial charge in [0.2, 0.25) is 0 Å². The number of hydrogen-bond acceptors (Lipinski definition) is 6. The molecule has 0 unspecified atom stereocenters. The summed E-state index contributed by atoms with van der Waals surface area (Å²) in [6.07, 6.45) is 10.9. The zero-order valence-corrected chi connectivity index (χ0v) is 33.1. The molecule has 3 rings (SSSR count). The van der Waals surface area contributed by atoms with Crippen molar-refractivity contribution in [3.8, 4) is 17.7 Å². The molecule has 6 nitrogen and oxygen atoms in total. The summed E-state index contributed by atoms with van der Waals surface area (Å²) in [6, 6.07) is 0. The van der Waals surface area contributed by atoms with Crippen LogP contribution in [0.2, 0.25) is 0 Å². The minimum Gasteiger partial charge on any atom is -0.693 e. The van der Waals surface area contributed by atoms with Gasteiger partial charge in [0.15, 0.2) is 0 Å². The number of hydrogen-bond donors (Lipinski definition) is 0. The maximum atomic E-state index is 6.41. The fourth-order valence-electron chi connectivity index (χ4n) is 2.97. The molecule has 0 bridgehead atoms.